The number of aryl methyl sites for hydroxylation is 1. The molecular weight excluding hydrogens is 288 g/mol. The maximum Gasteiger partial charge on any atom is 0.137 e. The van der Waals surface area contributed by atoms with Crippen molar-refractivity contribution in [1.29, 1.82) is 0 Å². The number of β-amino-alcohol motifs (C(OH)–C–C–N with tert-alkyl or cyclic N) is 1. The molecule has 2 rings (SSSR count). The molecule has 1 N–H and O–H groups in total. The first-order valence-corrected chi connectivity index (χ1v) is 8.14. The summed E-state index contributed by atoms with van der Waals surface area (Å²) in [6, 6.07) is 0. The van der Waals surface area contributed by atoms with E-state index >= 15 is 0 Å². The predicted molar refractivity (Wildman–Crippen MR) is 86.1 cm³/mol. The fourth-order valence-electron chi connectivity index (χ4n) is 2.71. The lowest BCUT2D eigenvalue weighted by Gasteiger charge is -2.24. The number of aromatic nitrogens is 2. The van der Waals surface area contributed by atoms with Gasteiger partial charge in [0, 0.05) is 38.2 Å². The zero-order valence-corrected chi connectivity index (χ0v) is 13.7. The third-order valence-corrected chi connectivity index (χ3v) is 4.25. The third kappa shape index (κ3) is 4.28. The highest BCUT2D eigenvalue weighted by Gasteiger charge is 2.19. The summed E-state index contributed by atoms with van der Waals surface area (Å²) in [6.45, 7) is 8.94. The van der Waals surface area contributed by atoms with Crippen LogP contribution in [-0.2, 0) is 6.42 Å². The Balaban J connectivity index is 2.16. The van der Waals surface area contributed by atoms with Gasteiger partial charge in [0.1, 0.15) is 16.8 Å². The molecule has 118 valence electrons. The summed E-state index contributed by atoms with van der Waals surface area (Å²) in [6.07, 6.45) is 2.95. The minimum Gasteiger partial charge on any atom is -0.395 e. The highest BCUT2D eigenvalue weighted by molar-refractivity contribution is 6.30. The molecule has 2 heterocycles. The van der Waals surface area contributed by atoms with Crippen molar-refractivity contribution >= 4 is 17.4 Å². The molecule has 21 heavy (non-hydrogen) atoms. The van der Waals surface area contributed by atoms with Crippen molar-refractivity contribution in [2.45, 2.75) is 33.1 Å². The number of aliphatic hydroxyl groups excluding tert-OH is 1. The first kappa shape index (κ1) is 16.5. The summed E-state index contributed by atoms with van der Waals surface area (Å²) in [4.78, 5) is 13.7. The van der Waals surface area contributed by atoms with E-state index in [2.05, 4.69) is 21.7 Å². The molecule has 0 unspecified atom stereocenters. The number of nitrogens with zero attached hydrogens (tertiary/aromatic N) is 4. The molecule has 1 aliphatic rings. The van der Waals surface area contributed by atoms with Gasteiger partial charge in [-0.2, -0.15) is 0 Å². The highest BCUT2D eigenvalue weighted by atomic mass is 35.5. The summed E-state index contributed by atoms with van der Waals surface area (Å²) in [5.41, 5.74) is 0.965. The fraction of sp³-hybridized carbons (Fsp3) is 0.733. The van der Waals surface area contributed by atoms with Gasteiger partial charge in [-0.3, -0.25) is 4.90 Å². The Hall–Kier alpha value is -0.910. The van der Waals surface area contributed by atoms with Crippen LogP contribution < -0.4 is 4.90 Å². The SMILES string of the molecule is CCCc1nc(Cl)c(C)c(N2CCCN(CCO)CC2)n1. The summed E-state index contributed by atoms with van der Waals surface area (Å²) in [7, 11) is 0. The molecule has 1 aromatic rings. The molecule has 5 nitrogen and oxygen atoms in total. The van der Waals surface area contributed by atoms with E-state index in [1.165, 1.54) is 0 Å². The van der Waals surface area contributed by atoms with Crippen molar-refractivity contribution in [2.24, 2.45) is 0 Å². The molecule has 1 saturated heterocycles. The average Bonchev–Trinajstić information content (AvgIpc) is 2.69. The molecule has 1 fully saturated rings. The van der Waals surface area contributed by atoms with Crippen LogP contribution in [0.3, 0.4) is 0 Å². The first-order valence-electron chi connectivity index (χ1n) is 7.77. The number of rotatable bonds is 5. The molecule has 6 heteroatoms. The van der Waals surface area contributed by atoms with Crippen LogP contribution in [0.4, 0.5) is 5.82 Å². The molecule has 1 aliphatic heterocycles. The van der Waals surface area contributed by atoms with Crippen molar-refractivity contribution in [3.8, 4) is 0 Å². The Kier molecular flexibility index (Phi) is 6.21. The molecule has 1 aromatic heterocycles. The summed E-state index contributed by atoms with van der Waals surface area (Å²) >= 11 is 6.27. The molecule has 0 aromatic carbocycles. The van der Waals surface area contributed by atoms with Crippen LogP contribution in [0.15, 0.2) is 0 Å². The number of hydrogen-bond donors (Lipinski definition) is 1. The van der Waals surface area contributed by atoms with Gasteiger partial charge in [0.15, 0.2) is 0 Å². The van der Waals surface area contributed by atoms with Gasteiger partial charge in [-0.25, -0.2) is 9.97 Å². The summed E-state index contributed by atoms with van der Waals surface area (Å²) in [5.74, 6) is 1.81. The standard InChI is InChI=1S/C15H25ClN4O/c1-3-5-13-17-14(16)12(2)15(18-13)20-7-4-6-19(8-9-20)10-11-21/h21H,3-11H2,1-2H3. The van der Waals surface area contributed by atoms with Crippen molar-refractivity contribution in [3.63, 3.8) is 0 Å². The number of anilines is 1. The van der Waals surface area contributed by atoms with Crippen LogP contribution in [0.2, 0.25) is 5.15 Å². The van der Waals surface area contributed by atoms with E-state index in [0.29, 0.717) is 5.15 Å². The lowest BCUT2D eigenvalue weighted by Crippen LogP contribution is -2.33. The molecular formula is C15H25ClN4O. The Morgan fingerprint density at radius 3 is 2.71 bits per heavy atom. The van der Waals surface area contributed by atoms with E-state index in [4.69, 9.17) is 21.7 Å². The maximum absolute atomic E-state index is 9.08. The second-order valence-corrected chi connectivity index (χ2v) is 5.89. The fourth-order valence-corrected chi connectivity index (χ4v) is 2.89. The zero-order valence-electron chi connectivity index (χ0n) is 13.0. The number of aliphatic hydroxyl groups is 1. The molecule has 0 atom stereocenters. The molecule has 0 radical (unpaired) electrons. The van der Waals surface area contributed by atoms with Gasteiger partial charge in [0.25, 0.3) is 0 Å². The maximum atomic E-state index is 9.08. The van der Waals surface area contributed by atoms with E-state index in [1.807, 2.05) is 6.92 Å². The summed E-state index contributed by atoms with van der Waals surface area (Å²) in [5, 5.41) is 9.65. The number of halogens is 1. The predicted octanol–water partition coefficient (Wildman–Crippen LogP) is 1.90. The second kappa shape index (κ2) is 7.92. The van der Waals surface area contributed by atoms with E-state index in [9.17, 15) is 0 Å². The smallest absolute Gasteiger partial charge is 0.137 e. The van der Waals surface area contributed by atoms with Crippen LogP contribution in [0.1, 0.15) is 31.2 Å². The van der Waals surface area contributed by atoms with Gasteiger partial charge in [0.2, 0.25) is 0 Å². The van der Waals surface area contributed by atoms with E-state index in [1.54, 1.807) is 0 Å². The lowest BCUT2D eigenvalue weighted by atomic mass is 10.2. The monoisotopic (exact) mass is 312 g/mol. The first-order chi connectivity index (χ1) is 10.2. The van der Waals surface area contributed by atoms with E-state index in [0.717, 1.165) is 69.2 Å². The number of hydrogen-bond acceptors (Lipinski definition) is 5. The van der Waals surface area contributed by atoms with Crippen molar-refractivity contribution in [3.05, 3.63) is 16.5 Å². The molecule has 0 saturated carbocycles. The van der Waals surface area contributed by atoms with Gasteiger partial charge in [-0.15, -0.1) is 0 Å². The van der Waals surface area contributed by atoms with Crippen LogP contribution >= 0.6 is 11.6 Å². The van der Waals surface area contributed by atoms with Crippen LogP contribution in [0.25, 0.3) is 0 Å². The Morgan fingerprint density at radius 1 is 1.19 bits per heavy atom. The minimum atomic E-state index is 0.221. The Morgan fingerprint density at radius 2 is 2.00 bits per heavy atom. The molecule has 0 spiro atoms. The second-order valence-electron chi connectivity index (χ2n) is 5.54. The van der Waals surface area contributed by atoms with Gasteiger partial charge in [-0.1, -0.05) is 18.5 Å². The average molecular weight is 313 g/mol. The van der Waals surface area contributed by atoms with Crippen molar-refractivity contribution in [1.82, 2.24) is 14.9 Å². The van der Waals surface area contributed by atoms with Crippen LogP contribution in [-0.4, -0.2) is 59.3 Å². The van der Waals surface area contributed by atoms with Gasteiger partial charge < -0.3 is 10.0 Å². The van der Waals surface area contributed by atoms with Gasteiger partial charge in [-0.05, 0) is 26.3 Å². The molecule has 0 aliphatic carbocycles. The largest absolute Gasteiger partial charge is 0.395 e. The third-order valence-electron chi connectivity index (χ3n) is 3.88. The molecule has 0 bridgehead atoms. The zero-order chi connectivity index (χ0) is 15.2. The van der Waals surface area contributed by atoms with Crippen LogP contribution in [0.5, 0.6) is 0 Å². The van der Waals surface area contributed by atoms with Crippen LogP contribution in [0, 0.1) is 6.92 Å². The van der Waals surface area contributed by atoms with Crippen molar-refractivity contribution in [2.75, 3.05) is 44.2 Å². The Bertz CT molecular complexity index is 469. The topological polar surface area (TPSA) is 52.5 Å². The van der Waals surface area contributed by atoms with Gasteiger partial charge >= 0.3 is 0 Å². The highest BCUT2D eigenvalue weighted by Crippen LogP contribution is 2.24. The Labute approximate surface area is 131 Å². The molecule has 0 amide bonds. The summed E-state index contributed by atoms with van der Waals surface area (Å²) < 4.78 is 0. The minimum absolute atomic E-state index is 0.221. The quantitative estimate of drug-likeness (QED) is 0.842. The van der Waals surface area contributed by atoms with Gasteiger partial charge in [0.05, 0.1) is 6.61 Å². The van der Waals surface area contributed by atoms with E-state index in [-0.39, 0.29) is 6.61 Å². The van der Waals surface area contributed by atoms with Crippen molar-refractivity contribution < 1.29 is 5.11 Å². The normalized spacial score (nSPS) is 17.0. The lowest BCUT2D eigenvalue weighted by molar-refractivity contribution is 0.204. The van der Waals surface area contributed by atoms with E-state index < -0.39 is 0 Å².